The number of hydrogen-bond acceptors (Lipinski definition) is 9. The molecular formula is C25H33N7O2. The number of nitrogens with zero attached hydrogens (tertiary/aromatic N) is 6. The fourth-order valence-electron chi connectivity index (χ4n) is 4.69. The predicted octanol–water partition coefficient (Wildman–Crippen LogP) is 3.12. The molecule has 1 saturated heterocycles. The lowest BCUT2D eigenvalue weighted by Gasteiger charge is -2.31. The van der Waals surface area contributed by atoms with Gasteiger partial charge in [0.2, 0.25) is 5.95 Å². The van der Waals surface area contributed by atoms with Crippen molar-refractivity contribution in [2.75, 3.05) is 50.6 Å². The third-order valence-corrected chi connectivity index (χ3v) is 6.40. The van der Waals surface area contributed by atoms with Gasteiger partial charge in [0.25, 0.3) is 0 Å². The number of anilines is 2. The molecule has 2 aliphatic rings. The zero-order valence-electron chi connectivity index (χ0n) is 20.0. The van der Waals surface area contributed by atoms with Crippen LogP contribution in [0.2, 0.25) is 0 Å². The smallest absolute Gasteiger partial charge is 0.222 e. The molecule has 1 aliphatic heterocycles. The molecule has 9 heteroatoms. The molecule has 0 unspecified atom stereocenters. The fourth-order valence-corrected chi connectivity index (χ4v) is 4.69. The molecule has 3 heterocycles. The number of fused-ring (bicyclic) bond motifs is 1. The molecule has 1 N–H and O–H groups in total. The van der Waals surface area contributed by atoms with Gasteiger partial charge in [0, 0.05) is 67.8 Å². The van der Waals surface area contributed by atoms with Gasteiger partial charge in [0.15, 0.2) is 0 Å². The topological polar surface area (TPSA) is 88.5 Å². The Morgan fingerprint density at radius 2 is 1.74 bits per heavy atom. The molecule has 9 nitrogen and oxygen atoms in total. The standard InChI is InChI=1S/C25H33N7O2/c1-31(2)17-18-15-28-25(29-16-18)30-19-3-5-21(6-4-19)34-23-14-20(32-9-11-33-12-10-32)13-22-24(23)27-8-7-26-22/h7-8,13-16,19,21H,3-6,9-12,17H2,1-2H3,(H,28,29,30)/t19-,21+. The highest BCUT2D eigenvalue weighted by Gasteiger charge is 2.24. The molecule has 34 heavy (non-hydrogen) atoms. The van der Waals surface area contributed by atoms with Crippen LogP contribution in [0.15, 0.2) is 36.9 Å². The summed E-state index contributed by atoms with van der Waals surface area (Å²) in [6.07, 6.45) is 11.4. The number of benzene rings is 1. The lowest BCUT2D eigenvalue weighted by Crippen LogP contribution is -2.36. The molecule has 0 amide bonds. The Morgan fingerprint density at radius 1 is 1.00 bits per heavy atom. The summed E-state index contributed by atoms with van der Waals surface area (Å²) < 4.78 is 12.0. The van der Waals surface area contributed by atoms with E-state index in [-0.39, 0.29) is 6.10 Å². The van der Waals surface area contributed by atoms with Crippen molar-refractivity contribution in [2.45, 2.75) is 44.4 Å². The Bertz CT molecular complexity index is 1080. The summed E-state index contributed by atoms with van der Waals surface area (Å²) in [7, 11) is 4.09. The predicted molar refractivity (Wildman–Crippen MR) is 132 cm³/mol. The van der Waals surface area contributed by atoms with Crippen LogP contribution in [0.5, 0.6) is 5.75 Å². The van der Waals surface area contributed by atoms with E-state index in [1.165, 1.54) is 0 Å². The summed E-state index contributed by atoms with van der Waals surface area (Å²) >= 11 is 0. The van der Waals surface area contributed by atoms with Crippen molar-refractivity contribution < 1.29 is 9.47 Å². The monoisotopic (exact) mass is 463 g/mol. The van der Waals surface area contributed by atoms with Crippen molar-refractivity contribution in [1.82, 2.24) is 24.8 Å². The van der Waals surface area contributed by atoms with E-state index in [2.05, 4.69) is 47.2 Å². The van der Waals surface area contributed by atoms with E-state index in [1.54, 1.807) is 12.4 Å². The molecule has 5 rings (SSSR count). The first-order valence-electron chi connectivity index (χ1n) is 12.1. The molecule has 2 fully saturated rings. The van der Waals surface area contributed by atoms with Gasteiger partial charge in [-0.2, -0.15) is 0 Å². The minimum absolute atomic E-state index is 0.159. The Hall–Kier alpha value is -3.04. The summed E-state index contributed by atoms with van der Waals surface area (Å²) in [5, 5.41) is 3.50. The number of hydrogen-bond donors (Lipinski definition) is 1. The fraction of sp³-hybridized carbons (Fsp3) is 0.520. The molecule has 0 radical (unpaired) electrons. The summed E-state index contributed by atoms with van der Waals surface area (Å²) in [5.74, 6) is 1.52. The highest BCUT2D eigenvalue weighted by molar-refractivity contribution is 5.85. The Labute approximate surface area is 200 Å². The summed E-state index contributed by atoms with van der Waals surface area (Å²) in [4.78, 5) is 22.5. The van der Waals surface area contributed by atoms with Crippen LogP contribution < -0.4 is 15.0 Å². The van der Waals surface area contributed by atoms with Crippen LogP contribution in [0.3, 0.4) is 0 Å². The second-order valence-electron chi connectivity index (χ2n) is 9.36. The van der Waals surface area contributed by atoms with Gasteiger partial charge in [-0.1, -0.05) is 0 Å². The quantitative estimate of drug-likeness (QED) is 0.568. The van der Waals surface area contributed by atoms with Crippen molar-refractivity contribution in [3.8, 4) is 5.75 Å². The van der Waals surface area contributed by atoms with Crippen LogP contribution >= 0.6 is 0 Å². The van der Waals surface area contributed by atoms with E-state index < -0.39 is 0 Å². The molecule has 0 bridgehead atoms. The average molecular weight is 464 g/mol. The molecular weight excluding hydrogens is 430 g/mol. The molecule has 1 saturated carbocycles. The second-order valence-corrected chi connectivity index (χ2v) is 9.36. The van der Waals surface area contributed by atoms with Crippen LogP contribution in [0, 0.1) is 0 Å². The summed E-state index contributed by atoms with van der Waals surface area (Å²) in [6, 6.07) is 4.58. The first-order valence-corrected chi connectivity index (χ1v) is 12.1. The average Bonchev–Trinajstić information content (AvgIpc) is 2.86. The molecule has 1 aliphatic carbocycles. The van der Waals surface area contributed by atoms with Crippen LogP contribution in [-0.2, 0) is 11.3 Å². The maximum atomic E-state index is 6.53. The molecule has 0 atom stereocenters. The van der Waals surface area contributed by atoms with Gasteiger partial charge in [0.05, 0.1) is 24.8 Å². The maximum absolute atomic E-state index is 6.53. The van der Waals surface area contributed by atoms with Gasteiger partial charge in [-0.3, -0.25) is 4.98 Å². The van der Waals surface area contributed by atoms with Crippen LogP contribution in [0.1, 0.15) is 31.2 Å². The van der Waals surface area contributed by atoms with Gasteiger partial charge in [-0.05, 0) is 45.8 Å². The second kappa shape index (κ2) is 10.5. The first-order chi connectivity index (χ1) is 16.6. The lowest BCUT2D eigenvalue weighted by atomic mass is 9.93. The molecule has 180 valence electrons. The van der Waals surface area contributed by atoms with Crippen molar-refractivity contribution >= 4 is 22.7 Å². The van der Waals surface area contributed by atoms with E-state index in [0.717, 1.165) is 86.6 Å². The Kier molecular flexibility index (Phi) is 7.01. The SMILES string of the molecule is CN(C)Cc1cnc(N[C@H]2CC[C@@H](Oc3cc(N4CCOCC4)cc4nccnc34)CC2)nc1. The zero-order chi connectivity index (χ0) is 23.3. The van der Waals surface area contributed by atoms with Gasteiger partial charge in [-0.15, -0.1) is 0 Å². The van der Waals surface area contributed by atoms with Crippen LogP contribution in [0.4, 0.5) is 11.6 Å². The van der Waals surface area contributed by atoms with E-state index in [9.17, 15) is 0 Å². The summed E-state index contributed by atoms with van der Waals surface area (Å²) in [5.41, 5.74) is 3.93. The molecule has 0 spiro atoms. The number of ether oxygens (including phenoxy) is 2. The third-order valence-electron chi connectivity index (χ3n) is 6.40. The minimum Gasteiger partial charge on any atom is -0.488 e. The Balaban J connectivity index is 1.21. The van der Waals surface area contributed by atoms with Gasteiger partial charge >= 0.3 is 0 Å². The van der Waals surface area contributed by atoms with E-state index >= 15 is 0 Å². The van der Waals surface area contributed by atoms with E-state index in [4.69, 9.17) is 9.47 Å². The largest absolute Gasteiger partial charge is 0.488 e. The third kappa shape index (κ3) is 5.53. The zero-order valence-corrected chi connectivity index (χ0v) is 20.0. The molecule has 3 aromatic rings. The van der Waals surface area contributed by atoms with Gasteiger partial charge in [0.1, 0.15) is 11.3 Å². The number of nitrogens with one attached hydrogen (secondary N) is 1. The van der Waals surface area contributed by atoms with Gasteiger partial charge in [-0.25, -0.2) is 15.0 Å². The maximum Gasteiger partial charge on any atom is 0.222 e. The summed E-state index contributed by atoms with van der Waals surface area (Å²) in [6.45, 7) is 4.08. The molecule has 1 aromatic carbocycles. The minimum atomic E-state index is 0.159. The van der Waals surface area contributed by atoms with Crippen molar-refractivity contribution in [3.63, 3.8) is 0 Å². The first kappa shape index (κ1) is 22.7. The highest BCUT2D eigenvalue weighted by atomic mass is 16.5. The van der Waals surface area contributed by atoms with Crippen molar-refractivity contribution in [2.24, 2.45) is 0 Å². The van der Waals surface area contributed by atoms with Crippen molar-refractivity contribution in [1.29, 1.82) is 0 Å². The molecule has 2 aromatic heterocycles. The van der Waals surface area contributed by atoms with Crippen LogP contribution in [0.25, 0.3) is 11.0 Å². The van der Waals surface area contributed by atoms with E-state index in [0.29, 0.717) is 12.0 Å². The van der Waals surface area contributed by atoms with Gasteiger partial charge < -0.3 is 24.6 Å². The Morgan fingerprint density at radius 3 is 2.47 bits per heavy atom. The van der Waals surface area contributed by atoms with Crippen molar-refractivity contribution in [3.05, 3.63) is 42.5 Å². The lowest BCUT2D eigenvalue weighted by molar-refractivity contribution is 0.122. The number of morpholine rings is 1. The highest BCUT2D eigenvalue weighted by Crippen LogP contribution is 2.33. The van der Waals surface area contributed by atoms with Crippen LogP contribution in [-0.4, -0.2) is 77.4 Å². The van der Waals surface area contributed by atoms with E-state index in [1.807, 2.05) is 26.5 Å². The number of rotatable bonds is 7. The number of aromatic nitrogens is 4. The normalized spacial score (nSPS) is 21.1.